The maximum absolute atomic E-state index is 9.11. The number of ether oxygens (including phenoxy) is 1. The molecule has 0 aliphatic heterocycles. The van der Waals surface area contributed by atoms with Crippen molar-refractivity contribution in [2.75, 3.05) is 6.61 Å². The van der Waals surface area contributed by atoms with E-state index >= 15 is 0 Å². The maximum atomic E-state index is 9.11. The molecule has 16 heavy (non-hydrogen) atoms. The zero-order chi connectivity index (χ0) is 12.1. The van der Waals surface area contributed by atoms with Crippen molar-refractivity contribution in [2.45, 2.75) is 26.5 Å². The molecule has 1 aromatic rings. The van der Waals surface area contributed by atoms with Crippen molar-refractivity contribution in [3.8, 4) is 5.75 Å². The SMILES string of the molecule is Cc1cc(Cl)ccc1OCCC(C)[C@H](N)O. The van der Waals surface area contributed by atoms with Crippen LogP contribution in [0.2, 0.25) is 5.02 Å². The molecule has 0 amide bonds. The molecule has 0 aliphatic carbocycles. The Balaban J connectivity index is 2.43. The number of benzene rings is 1. The second kappa shape index (κ2) is 6.09. The molecule has 0 saturated carbocycles. The van der Waals surface area contributed by atoms with Gasteiger partial charge in [-0.1, -0.05) is 18.5 Å². The van der Waals surface area contributed by atoms with Gasteiger partial charge in [0.15, 0.2) is 0 Å². The fourth-order valence-electron chi connectivity index (χ4n) is 1.30. The molecular weight excluding hydrogens is 226 g/mol. The topological polar surface area (TPSA) is 55.5 Å². The number of halogens is 1. The molecule has 0 fully saturated rings. The molecule has 0 radical (unpaired) electrons. The Bertz CT molecular complexity index is 342. The van der Waals surface area contributed by atoms with E-state index in [-0.39, 0.29) is 5.92 Å². The first-order valence-electron chi connectivity index (χ1n) is 5.33. The van der Waals surface area contributed by atoms with Gasteiger partial charge >= 0.3 is 0 Å². The third kappa shape index (κ3) is 4.00. The minimum absolute atomic E-state index is 0.0348. The van der Waals surface area contributed by atoms with Crippen LogP contribution in [0, 0.1) is 12.8 Å². The fraction of sp³-hybridized carbons (Fsp3) is 0.500. The van der Waals surface area contributed by atoms with E-state index in [9.17, 15) is 0 Å². The van der Waals surface area contributed by atoms with Crippen LogP contribution in [-0.2, 0) is 0 Å². The Kier molecular flexibility index (Phi) is 5.06. The van der Waals surface area contributed by atoms with Gasteiger partial charge in [0.1, 0.15) is 12.0 Å². The second-order valence-electron chi connectivity index (χ2n) is 4.01. The van der Waals surface area contributed by atoms with E-state index < -0.39 is 6.23 Å². The third-order valence-corrected chi connectivity index (χ3v) is 2.79. The van der Waals surface area contributed by atoms with Crippen LogP contribution in [0.4, 0.5) is 0 Å². The average molecular weight is 244 g/mol. The van der Waals surface area contributed by atoms with Crippen molar-refractivity contribution in [1.82, 2.24) is 0 Å². The predicted molar refractivity (Wildman–Crippen MR) is 65.7 cm³/mol. The van der Waals surface area contributed by atoms with Gasteiger partial charge in [0, 0.05) is 5.02 Å². The molecule has 0 saturated heterocycles. The number of rotatable bonds is 5. The smallest absolute Gasteiger partial charge is 0.122 e. The summed E-state index contributed by atoms with van der Waals surface area (Å²) in [7, 11) is 0. The molecular formula is C12H18ClNO2. The lowest BCUT2D eigenvalue weighted by molar-refractivity contribution is 0.107. The molecule has 3 N–H and O–H groups in total. The van der Waals surface area contributed by atoms with E-state index in [1.165, 1.54) is 0 Å². The number of hydrogen-bond donors (Lipinski definition) is 2. The summed E-state index contributed by atoms with van der Waals surface area (Å²) in [5.41, 5.74) is 6.36. The summed E-state index contributed by atoms with van der Waals surface area (Å²) in [5.74, 6) is 0.857. The zero-order valence-electron chi connectivity index (χ0n) is 9.61. The standard InChI is InChI=1S/C12H18ClNO2/c1-8(12(14)15)5-6-16-11-4-3-10(13)7-9(11)2/h3-4,7-8,12,15H,5-6,14H2,1-2H3/t8?,12-/m1/s1. The summed E-state index contributed by atoms with van der Waals surface area (Å²) in [5, 5.41) is 9.82. The third-order valence-electron chi connectivity index (χ3n) is 2.55. The van der Waals surface area contributed by atoms with E-state index in [0.29, 0.717) is 11.6 Å². The van der Waals surface area contributed by atoms with Crippen LogP contribution in [0.25, 0.3) is 0 Å². The highest BCUT2D eigenvalue weighted by atomic mass is 35.5. The Labute approximate surface area is 101 Å². The van der Waals surface area contributed by atoms with Crippen molar-refractivity contribution in [3.05, 3.63) is 28.8 Å². The van der Waals surface area contributed by atoms with Gasteiger partial charge in [-0.05, 0) is 43.0 Å². The monoisotopic (exact) mass is 243 g/mol. The molecule has 1 aromatic carbocycles. The maximum Gasteiger partial charge on any atom is 0.122 e. The lowest BCUT2D eigenvalue weighted by Crippen LogP contribution is -2.28. The van der Waals surface area contributed by atoms with Gasteiger partial charge in [0.2, 0.25) is 0 Å². The summed E-state index contributed by atoms with van der Waals surface area (Å²) < 4.78 is 5.59. The highest BCUT2D eigenvalue weighted by Gasteiger charge is 2.09. The van der Waals surface area contributed by atoms with Crippen LogP contribution in [0.15, 0.2) is 18.2 Å². The van der Waals surface area contributed by atoms with E-state index in [2.05, 4.69) is 0 Å². The lowest BCUT2D eigenvalue weighted by Gasteiger charge is -2.15. The second-order valence-corrected chi connectivity index (χ2v) is 4.45. The molecule has 4 heteroatoms. The van der Waals surface area contributed by atoms with E-state index in [4.69, 9.17) is 27.2 Å². The minimum Gasteiger partial charge on any atom is -0.493 e. The summed E-state index contributed by atoms with van der Waals surface area (Å²) in [6.07, 6.45) is -0.0605. The summed E-state index contributed by atoms with van der Waals surface area (Å²) >= 11 is 5.84. The van der Waals surface area contributed by atoms with Crippen LogP contribution in [0.1, 0.15) is 18.9 Å². The van der Waals surface area contributed by atoms with Gasteiger partial charge in [0.25, 0.3) is 0 Å². The van der Waals surface area contributed by atoms with Crippen molar-refractivity contribution >= 4 is 11.6 Å². The molecule has 1 rings (SSSR count). The van der Waals surface area contributed by atoms with Gasteiger partial charge in [-0.2, -0.15) is 0 Å². The first-order valence-corrected chi connectivity index (χ1v) is 5.71. The van der Waals surface area contributed by atoms with Crippen LogP contribution in [0.3, 0.4) is 0 Å². The molecule has 1 unspecified atom stereocenters. The molecule has 90 valence electrons. The van der Waals surface area contributed by atoms with E-state index in [1.807, 2.05) is 26.0 Å². The van der Waals surface area contributed by atoms with Crippen LogP contribution < -0.4 is 10.5 Å². The van der Waals surface area contributed by atoms with Crippen LogP contribution >= 0.6 is 11.6 Å². The highest BCUT2D eigenvalue weighted by Crippen LogP contribution is 2.22. The minimum atomic E-state index is -0.782. The van der Waals surface area contributed by atoms with Gasteiger partial charge in [-0.15, -0.1) is 0 Å². The molecule has 0 aliphatic rings. The summed E-state index contributed by atoms with van der Waals surface area (Å²) in [4.78, 5) is 0. The van der Waals surface area contributed by atoms with Gasteiger partial charge in [-0.3, -0.25) is 0 Å². The molecule has 3 nitrogen and oxygen atoms in total. The Morgan fingerprint density at radius 2 is 2.19 bits per heavy atom. The van der Waals surface area contributed by atoms with Crippen LogP contribution in [-0.4, -0.2) is 17.9 Å². The molecule has 2 atom stereocenters. The molecule has 0 bridgehead atoms. The van der Waals surface area contributed by atoms with Gasteiger partial charge in [0.05, 0.1) is 6.61 Å². The van der Waals surface area contributed by atoms with E-state index in [0.717, 1.165) is 17.7 Å². The number of aryl methyl sites for hydroxylation is 1. The Morgan fingerprint density at radius 3 is 2.75 bits per heavy atom. The summed E-state index contributed by atoms with van der Waals surface area (Å²) in [6.45, 7) is 4.38. The number of hydrogen-bond acceptors (Lipinski definition) is 3. The molecule has 0 heterocycles. The number of aliphatic hydroxyl groups is 1. The Morgan fingerprint density at radius 1 is 1.50 bits per heavy atom. The predicted octanol–water partition coefficient (Wildman–Crippen LogP) is 2.33. The largest absolute Gasteiger partial charge is 0.493 e. The normalized spacial score (nSPS) is 14.6. The fourth-order valence-corrected chi connectivity index (χ4v) is 1.53. The van der Waals surface area contributed by atoms with Crippen LogP contribution in [0.5, 0.6) is 5.75 Å². The number of aliphatic hydroxyl groups excluding tert-OH is 1. The summed E-state index contributed by atoms with van der Waals surface area (Å²) in [6, 6.07) is 5.50. The van der Waals surface area contributed by atoms with Gasteiger partial charge < -0.3 is 15.6 Å². The van der Waals surface area contributed by atoms with E-state index in [1.54, 1.807) is 6.07 Å². The van der Waals surface area contributed by atoms with Crippen molar-refractivity contribution in [3.63, 3.8) is 0 Å². The quantitative estimate of drug-likeness (QED) is 0.781. The first-order chi connectivity index (χ1) is 7.50. The lowest BCUT2D eigenvalue weighted by atomic mass is 10.1. The van der Waals surface area contributed by atoms with Gasteiger partial charge in [-0.25, -0.2) is 0 Å². The Hall–Kier alpha value is -0.770. The first kappa shape index (κ1) is 13.3. The number of nitrogens with two attached hydrogens (primary N) is 1. The molecule has 0 spiro atoms. The molecule has 0 aromatic heterocycles. The van der Waals surface area contributed by atoms with Crippen molar-refractivity contribution in [2.24, 2.45) is 11.7 Å². The average Bonchev–Trinajstić information content (AvgIpc) is 2.20. The highest BCUT2D eigenvalue weighted by molar-refractivity contribution is 6.30. The van der Waals surface area contributed by atoms with Crippen molar-refractivity contribution in [1.29, 1.82) is 0 Å². The zero-order valence-corrected chi connectivity index (χ0v) is 10.4. The van der Waals surface area contributed by atoms with Crippen molar-refractivity contribution < 1.29 is 9.84 Å².